The van der Waals surface area contributed by atoms with E-state index in [-0.39, 0.29) is 24.5 Å². The molecule has 0 aliphatic heterocycles. The van der Waals surface area contributed by atoms with Gasteiger partial charge in [0.1, 0.15) is 5.82 Å². The number of carbonyl (C=O) groups is 2. The summed E-state index contributed by atoms with van der Waals surface area (Å²) in [6, 6.07) is 9.18. The molecule has 0 saturated heterocycles. The normalized spacial score (nSPS) is 12.7. The number of carbonyl (C=O) groups excluding carboxylic acids is 2. The molecular formula is C18H19N3O2. The lowest BCUT2D eigenvalue weighted by atomic mass is 10.0. The number of nitrogen functional groups attached to an aromatic ring is 1. The fourth-order valence-electron chi connectivity index (χ4n) is 2.82. The molecular weight excluding hydrogens is 290 g/mol. The number of nitrogens with two attached hydrogens (primary N) is 1. The van der Waals surface area contributed by atoms with Crippen molar-refractivity contribution in [1.29, 1.82) is 0 Å². The van der Waals surface area contributed by atoms with Crippen molar-refractivity contribution < 1.29 is 9.59 Å². The molecule has 3 N–H and O–H groups in total. The minimum absolute atomic E-state index is 0.00489. The summed E-state index contributed by atoms with van der Waals surface area (Å²) in [4.78, 5) is 28.0. The number of fused-ring (bicyclic) bond motifs is 1. The number of amides is 1. The van der Waals surface area contributed by atoms with Gasteiger partial charge in [-0.1, -0.05) is 12.1 Å². The van der Waals surface area contributed by atoms with Crippen LogP contribution in [0.1, 0.15) is 40.7 Å². The van der Waals surface area contributed by atoms with E-state index in [9.17, 15) is 9.59 Å². The molecule has 0 saturated carbocycles. The second-order valence-corrected chi connectivity index (χ2v) is 5.78. The summed E-state index contributed by atoms with van der Waals surface area (Å²) in [5.41, 5.74) is 9.38. The predicted octanol–water partition coefficient (Wildman–Crippen LogP) is 2.75. The molecule has 1 aliphatic rings. The first-order valence-electron chi connectivity index (χ1n) is 7.78. The molecule has 1 heterocycles. The van der Waals surface area contributed by atoms with Crippen LogP contribution >= 0.6 is 0 Å². The van der Waals surface area contributed by atoms with Gasteiger partial charge in [-0.2, -0.15) is 0 Å². The van der Waals surface area contributed by atoms with Crippen molar-refractivity contribution in [2.45, 2.75) is 32.1 Å². The number of anilines is 2. The van der Waals surface area contributed by atoms with Crippen LogP contribution in [0.5, 0.6) is 0 Å². The third-order valence-electron chi connectivity index (χ3n) is 4.07. The highest BCUT2D eigenvalue weighted by atomic mass is 16.2. The number of nitrogens with zero attached hydrogens (tertiary/aromatic N) is 1. The molecule has 5 heteroatoms. The van der Waals surface area contributed by atoms with E-state index in [2.05, 4.69) is 10.3 Å². The van der Waals surface area contributed by atoms with Crippen LogP contribution in [-0.4, -0.2) is 16.7 Å². The summed E-state index contributed by atoms with van der Waals surface area (Å²) in [5.74, 6) is 0.200. The van der Waals surface area contributed by atoms with Crippen molar-refractivity contribution in [3.05, 3.63) is 53.2 Å². The molecule has 2 aromatic rings. The Bertz CT molecular complexity index is 738. The molecule has 0 atom stereocenters. The number of pyridine rings is 1. The van der Waals surface area contributed by atoms with E-state index in [4.69, 9.17) is 5.73 Å². The van der Waals surface area contributed by atoms with Gasteiger partial charge < -0.3 is 11.1 Å². The van der Waals surface area contributed by atoms with Gasteiger partial charge in [0.15, 0.2) is 5.78 Å². The van der Waals surface area contributed by atoms with E-state index in [1.807, 2.05) is 18.2 Å². The van der Waals surface area contributed by atoms with Gasteiger partial charge in [0.05, 0.1) is 11.9 Å². The highest BCUT2D eigenvalue weighted by molar-refractivity contribution is 6.00. The first-order valence-corrected chi connectivity index (χ1v) is 7.78. The van der Waals surface area contributed by atoms with Gasteiger partial charge in [0.25, 0.3) is 0 Å². The molecule has 1 amide bonds. The smallest absolute Gasteiger partial charge is 0.224 e. The average Bonchev–Trinajstić information content (AvgIpc) is 3.02. The Labute approximate surface area is 134 Å². The van der Waals surface area contributed by atoms with E-state index in [1.54, 1.807) is 12.1 Å². The Morgan fingerprint density at radius 2 is 1.91 bits per heavy atom. The van der Waals surface area contributed by atoms with Crippen LogP contribution in [0, 0.1) is 0 Å². The maximum absolute atomic E-state index is 12.2. The molecule has 23 heavy (non-hydrogen) atoms. The number of Topliss-reactive ketones (excluding diaryl/α,β-unsaturated/α-hetero) is 1. The average molecular weight is 309 g/mol. The van der Waals surface area contributed by atoms with Gasteiger partial charge in [-0.3, -0.25) is 9.59 Å². The van der Waals surface area contributed by atoms with Crippen molar-refractivity contribution in [3.63, 3.8) is 0 Å². The first kappa shape index (κ1) is 15.2. The van der Waals surface area contributed by atoms with Gasteiger partial charge >= 0.3 is 0 Å². The summed E-state index contributed by atoms with van der Waals surface area (Å²) < 4.78 is 0. The Morgan fingerprint density at radius 3 is 2.70 bits per heavy atom. The number of nitrogens with one attached hydrogen (secondary N) is 1. The van der Waals surface area contributed by atoms with Crippen molar-refractivity contribution >= 4 is 23.2 Å². The van der Waals surface area contributed by atoms with Crippen LogP contribution in [0.25, 0.3) is 0 Å². The molecule has 0 unspecified atom stereocenters. The van der Waals surface area contributed by atoms with Crippen molar-refractivity contribution in [3.8, 4) is 0 Å². The SMILES string of the molecule is Nc1ccc(NC(=O)CCC(=O)c2ccc3c(c2)CCC3)cn1. The lowest BCUT2D eigenvalue weighted by Gasteiger charge is -2.06. The zero-order valence-electron chi connectivity index (χ0n) is 12.8. The number of aromatic nitrogens is 1. The molecule has 1 aromatic heterocycles. The first-order chi connectivity index (χ1) is 11.1. The minimum Gasteiger partial charge on any atom is -0.384 e. The van der Waals surface area contributed by atoms with Gasteiger partial charge in [0, 0.05) is 18.4 Å². The Kier molecular flexibility index (Phi) is 4.37. The van der Waals surface area contributed by atoms with E-state index in [0.717, 1.165) is 19.3 Å². The summed E-state index contributed by atoms with van der Waals surface area (Å²) in [6.07, 6.45) is 5.15. The molecule has 0 fully saturated rings. The molecule has 0 radical (unpaired) electrons. The summed E-state index contributed by atoms with van der Waals surface area (Å²) in [5, 5.41) is 2.71. The number of benzene rings is 1. The molecule has 0 bridgehead atoms. The number of ketones is 1. The third-order valence-corrected chi connectivity index (χ3v) is 4.07. The van der Waals surface area contributed by atoms with Crippen molar-refractivity contribution in [2.75, 3.05) is 11.1 Å². The highest BCUT2D eigenvalue weighted by Gasteiger charge is 2.15. The summed E-state index contributed by atoms with van der Waals surface area (Å²) in [7, 11) is 0. The second kappa shape index (κ2) is 6.60. The van der Waals surface area contributed by atoms with E-state index in [1.165, 1.54) is 17.3 Å². The van der Waals surface area contributed by atoms with Crippen molar-refractivity contribution in [2.24, 2.45) is 0 Å². The molecule has 0 spiro atoms. The van der Waals surface area contributed by atoms with Crippen LogP contribution in [0.15, 0.2) is 36.5 Å². The predicted molar refractivity (Wildman–Crippen MR) is 89.3 cm³/mol. The van der Waals surface area contributed by atoms with E-state index >= 15 is 0 Å². The van der Waals surface area contributed by atoms with Gasteiger partial charge in [0.2, 0.25) is 5.91 Å². The standard InChI is InChI=1S/C18H19N3O2/c19-17-8-6-15(11-20-17)21-18(23)9-7-16(22)14-5-4-12-2-1-3-13(12)10-14/h4-6,8,10-11H,1-3,7,9H2,(H2,19,20)(H,21,23). The number of rotatable bonds is 5. The summed E-state index contributed by atoms with van der Waals surface area (Å²) in [6.45, 7) is 0. The van der Waals surface area contributed by atoms with E-state index < -0.39 is 0 Å². The Hall–Kier alpha value is -2.69. The van der Waals surface area contributed by atoms with Crippen LogP contribution in [-0.2, 0) is 17.6 Å². The van der Waals surface area contributed by atoms with Gasteiger partial charge in [-0.15, -0.1) is 0 Å². The topological polar surface area (TPSA) is 85.1 Å². The third kappa shape index (κ3) is 3.74. The minimum atomic E-state index is -0.203. The molecule has 118 valence electrons. The molecule has 1 aromatic carbocycles. The molecule has 1 aliphatic carbocycles. The highest BCUT2D eigenvalue weighted by Crippen LogP contribution is 2.23. The molecule has 5 nitrogen and oxygen atoms in total. The second-order valence-electron chi connectivity index (χ2n) is 5.78. The monoisotopic (exact) mass is 309 g/mol. The van der Waals surface area contributed by atoms with Gasteiger partial charge in [-0.05, 0) is 48.6 Å². The zero-order valence-corrected chi connectivity index (χ0v) is 12.8. The van der Waals surface area contributed by atoms with Crippen LogP contribution in [0.4, 0.5) is 11.5 Å². The van der Waals surface area contributed by atoms with E-state index in [0.29, 0.717) is 17.1 Å². The van der Waals surface area contributed by atoms with Crippen molar-refractivity contribution in [1.82, 2.24) is 4.98 Å². The molecule has 3 rings (SSSR count). The lowest BCUT2D eigenvalue weighted by Crippen LogP contribution is -2.13. The maximum Gasteiger partial charge on any atom is 0.224 e. The summed E-state index contributed by atoms with van der Waals surface area (Å²) >= 11 is 0. The lowest BCUT2D eigenvalue weighted by molar-refractivity contribution is -0.116. The largest absolute Gasteiger partial charge is 0.384 e. The van der Waals surface area contributed by atoms with Crippen LogP contribution in [0.2, 0.25) is 0 Å². The number of hydrogen-bond donors (Lipinski definition) is 2. The van der Waals surface area contributed by atoms with Crippen LogP contribution in [0.3, 0.4) is 0 Å². The fourth-order valence-corrected chi connectivity index (χ4v) is 2.82. The number of hydrogen-bond acceptors (Lipinski definition) is 4. The Morgan fingerprint density at radius 1 is 1.09 bits per heavy atom. The quantitative estimate of drug-likeness (QED) is 0.832. The maximum atomic E-state index is 12.2. The Balaban J connectivity index is 1.54. The van der Waals surface area contributed by atoms with Gasteiger partial charge in [-0.25, -0.2) is 4.98 Å². The fraction of sp³-hybridized carbons (Fsp3) is 0.278. The zero-order chi connectivity index (χ0) is 16.2. The number of aryl methyl sites for hydroxylation is 2. The van der Waals surface area contributed by atoms with Crippen LogP contribution < -0.4 is 11.1 Å².